The van der Waals surface area contributed by atoms with Crippen LogP contribution in [0.2, 0.25) is 10.0 Å². The molecular weight excluding hydrogens is 559 g/mol. The Morgan fingerprint density at radius 2 is 1.55 bits per heavy atom. The van der Waals surface area contributed by atoms with Gasteiger partial charge in [-0.1, -0.05) is 37.0 Å². The predicted octanol–water partition coefficient (Wildman–Crippen LogP) is 2.24. The van der Waals surface area contributed by atoms with Crippen molar-refractivity contribution in [1.29, 1.82) is 0 Å². The van der Waals surface area contributed by atoms with Crippen LogP contribution in [0.3, 0.4) is 0 Å². The van der Waals surface area contributed by atoms with Crippen molar-refractivity contribution in [3.63, 3.8) is 0 Å². The number of rotatable bonds is 9. The highest BCUT2D eigenvalue weighted by molar-refractivity contribution is 7.89. The monoisotopic (exact) mass is 594 g/mol. The third kappa shape index (κ3) is 9.26. The lowest BCUT2D eigenvalue weighted by atomic mass is 10.0. The standard InChI is InChI=1S/C24H36Cl2N4O7S/c1-15(2)12-18(27-23(34)37-24(3,4)5)21(32)29-8-10-30(11-9-29)22(33)19(14-31)28-38(35,36)20-7-6-16(25)13-17(20)26/h6-7,13,15,18-19,28,31H,8-12,14H2,1-5H3,(H,27,34)/t18-,19?/m0/s1. The third-order valence-corrected chi connectivity index (χ3v) is 7.75. The van der Waals surface area contributed by atoms with E-state index in [-0.39, 0.29) is 52.9 Å². The van der Waals surface area contributed by atoms with Crippen LogP contribution in [0.25, 0.3) is 0 Å². The number of alkyl carbamates (subject to hydrolysis) is 1. The topological polar surface area (TPSA) is 145 Å². The maximum Gasteiger partial charge on any atom is 0.408 e. The summed E-state index contributed by atoms with van der Waals surface area (Å²) < 4.78 is 33.0. The second-order valence-electron chi connectivity index (χ2n) is 10.4. The highest BCUT2D eigenvalue weighted by atomic mass is 35.5. The van der Waals surface area contributed by atoms with Crippen LogP contribution in [-0.4, -0.2) is 91.7 Å². The van der Waals surface area contributed by atoms with E-state index in [9.17, 15) is 27.9 Å². The first-order valence-electron chi connectivity index (χ1n) is 12.2. The lowest BCUT2D eigenvalue weighted by Gasteiger charge is -2.38. The van der Waals surface area contributed by atoms with Crippen molar-refractivity contribution in [2.45, 2.75) is 63.6 Å². The Kier molecular flexibility index (Phi) is 11.2. The summed E-state index contributed by atoms with van der Waals surface area (Å²) >= 11 is 11.8. The van der Waals surface area contributed by atoms with Crippen LogP contribution in [0.4, 0.5) is 4.79 Å². The second-order valence-corrected chi connectivity index (χ2v) is 12.9. The van der Waals surface area contributed by atoms with Crippen molar-refractivity contribution < 1.29 is 32.6 Å². The van der Waals surface area contributed by atoms with E-state index in [4.69, 9.17) is 27.9 Å². The van der Waals surface area contributed by atoms with Gasteiger partial charge in [-0.3, -0.25) is 9.59 Å². The zero-order valence-corrected chi connectivity index (χ0v) is 24.5. The van der Waals surface area contributed by atoms with Crippen molar-refractivity contribution in [3.05, 3.63) is 28.2 Å². The molecule has 214 valence electrons. The molecule has 1 fully saturated rings. The number of sulfonamides is 1. The summed E-state index contributed by atoms with van der Waals surface area (Å²) in [4.78, 5) is 41.1. The fraction of sp³-hybridized carbons (Fsp3) is 0.625. The van der Waals surface area contributed by atoms with E-state index in [0.29, 0.717) is 6.42 Å². The number of halogens is 2. The van der Waals surface area contributed by atoms with Crippen molar-refractivity contribution in [1.82, 2.24) is 19.8 Å². The second kappa shape index (κ2) is 13.3. The largest absolute Gasteiger partial charge is 0.444 e. The van der Waals surface area contributed by atoms with Gasteiger partial charge < -0.3 is 25.0 Å². The average molecular weight is 596 g/mol. The van der Waals surface area contributed by atoms with Gasteiger partial charge in [0.15, 0.2) is 0 Å². The van der Waals surface area contributed by atoms with Crippen LogP contribution >= 0.6 is 23.2 Å². The number of benzene rings is 1. The van der Waals surface area contributed by atoms with Gasteiger partial charge in [0.25, 0.3) is 0 Å². The number of ether oxygens (including phenoxy) is 1. The van der Waals surface area contributed by atoms with E-state index in [2.05, 4.69) is 10.0 Å². The van der Waals surface area contributed by atoms with Gasteiger partial charge in [-0.15, -0.1) is 0 Å². The molecule has 0 aromatic heterocycles. The molecule has 2 rings (SSSR count). The molecule has 1 aromatic carbocycles. The predicted molar refractivity (Wildman–Crippen MR) is 143 cm³/mol. The summed E-state index contributed by atoms with van der Waals surface area (Å²) in [7, 11) is -4.24. The summed E-state index contributed by atoms with van der Waals surface area (Å²) in [6.45, 7) is 8.84. The van der Waals surface area contributed by atoms with Crippen LogP contribution in [0, 0.1) is 5.92 Å². The van der Waals surface area contributed by atoms with E-state index < -0.39 is 46.3 Å². The number of aliphatic hydroxyl groups is 1. The number of carbonyl (C=O) groups is 3. The van der Waals surface area contributed by atoms with Crippen molar-refractivity contribution >= 4 is 51.1 Å². The Morgan fingerprint density at radius 1 is 1.03 bits per heavy atom. The normalized spacial score (nSPS) is 16.2. The van der Waals surface area contributed by atoms with Gasteiger partial charge in [-0.2, -0.15) is 4.72 Å². The lowest BCUT2D eigenvalue weighted by Crippen LogP contribution is -2.59. The van der Waals surface area contributed by atoms with Crippen molar-refractivity contribution in [2.75, 3.05) is 32.8 Å². The zero-order valence-electron chi connectivity index (χ0n) is 22.2. The molecule has 1 unspecified atom stereocenters. The Labute approximate surface area is 233 Å². The first-order valence-corrected chi connectivity index (χ1v) is 14.4. The Balaban J connectivity index is 2.04. The summed E-state index contributed by atoms with van der Waals surface area (Å²) in [5.41, 5.74) is -0.717. The molecular formula is C24H36Cl2N4O7S. The molecule has 0 bridgehead atoms. The SMILES string of the molecule is CC(C)C[C@H](NC(=O)OC(C)(C)C)C(=O)N1CCN(C(=O)C(CO)NS(=O)(=O)c2ccc(Cl)cc2Cl)CC1. The molecule has 0 radical (unpaired) electrons. The molecule has 3 amide bonds. The zero-order chi connectivity index (χ0) is 28.8. The quantitative estimate of drug-likeness (QED) is 0.397. The Bertz CT molecular complexity index is 1120. The van der Waals surface area contributed by atoms with Gasteiger partial charge >= 0.3 is 6.09 Å². The van der Waals surface area contributed by atoms with E-state index in [1.54, 1.807) is 25.7 Å². The summed E-state index contributed by atoms with van der Waals surface area (Å²) in [6.07, 6.45) is -0.289. The van der Waals surface area contributed by atoms with Gasteiger partial charge in [0.05, 0.1) is 11.6 Å². The molecule has 1 heterocycles. The molecule has 14 heteroatoms. The van der Waals surface area contributed by atoms with Crippen LogP contribution in [0.1, 0.15) is 41.0 Å². The summed E-state index contributed by atoms with van der Waals surface area (Å²) in [6, 6.07) is 1.56. The first-order chi connectivity index (χ1) is 17.5. The lowest BCUT2D eigenvalue weighted by molar-refractivity contribution is -0.142. The summed E-state index contributed by atoms with van der Waals surface area (Å²) in [5, 5.41) is 12.5. The van der Waals surface area contributed by atoms with Gasteiger partial charge in [0.1, 0.15) is 22.6 Å². The van der Waals surface area contributed by atoms with Crippen molar-refractivity contribution in [2.24, 2.45) is 5.92 Å². The van der Waals surface area contributed by atoms with Crippen LogP contribution in [0.5, 0.6) is 0 Å². The summed E-state index contributed by atoms with van der Waals surface area (Å²) in [5.74, 6) is -0.818. The minimum Gasteiger partial charge on any atom is -0.444 e. The number of aliphatic hydroxyl groups excluding tert-OH is 1. The van der Waals surface area contributed by atoms with E-state index in [1.807, 2.05) is 13.8 Å². The smallest absolute Gasteiger partial charge is 0.408 e. The molecule has 0 aliphatic carbocycles. The molecule has 38 heavy (non-hydrogen) atoms. The number of hydrogen-bond donors (Lipinski definition) is 3. The molecule has 2 atom stereocenters. The highest BCUT2D eigenvalue weighted by Gasteiger charge is 2.34. The molecule has 1 aliphatic rings. The van der Waals surface area contributed by atoms with Gasteiger partial charge in [-0.05, 0) is 51.3 Å². The molecule has 1 saturated heterocycles. The number of amides is 3. The minimum absolute atomic E-state index is 0.116. The van der Waals surface area contributed by atoms with E-state index in [1.165, 1.54) is 23.1 Å². The third-order valence-electron chi connectivity index (χ3n) is 5.56. The number of carbonyl (C=O) groups excluding carboxylic acids is 3. The number of piperazine rings is 1. The fourth-order valence-electron chi connectivity index (χ4n) is 3.84. The van der Waals surface area contributed by atoms with Gasteiger partial charge in [0.2, 0.25) is 21.8 Å². The van der Waals surface area contributed by atoms with Crippen molar-refractivity contribution in [3.8, 4) is 0 Å². The number of nitrogens with one attached hydrogen (secondary N) is 2. The number of hydrogen-bond acceptors (Lipinski definition) is 7. The van der Waals surface area contributed by atoms with Gasteiger partial charge in [0, 0.05) is 31.2 Å². The Morgan fingerprint density at radius 3 is 2.00 bits per heavy atom. The minimum atomic E-state index is -4.24. The first kappa shape index (κ1) is 32.1. The highest BCUT2D eigenvalue weighted by Crippen LogP contribution is 2.25. The maximum absolute atomic E-state index is 13.2. The molecule has 1 aromatic rings. The van der Waals surface area contributed by atoms with Gasteiger partial charge in [-0.25, -0.2) is 13.2 Å². The van der Waals surface area contributed by atoms with Crippen LogP contribution in [-0.2, 0) is 24.3 Å². The van der Waals surface area contributed by atoms with E-state index >= 15 is 0 Å². The van der Waals surface area contributed by atoms with Crippen LogP contribution in [0.15, 0.2) is 23.1 Å². The fourth-order valence-corrected chi connectivity index (χ4v) is 5.79. The molecule has 0 saturated carbocycles. The van der Waals surface area contributed by atoms with Crippen LogP contribution < -0.4 is 10.0 Å². The van der Waals surface area contributed by atoms with E-state index in [0.717, 1.165) is 0 Å². The molecule has 1 aliphatic heterocycles. The molecule has 0 spiro atoms. The number of nitrogens with zero attached hydrogens (tertiary/aromatic N) is 2. The maximum atomic E-state index is 13.2. The average Bonchev–Trinajstić information content (AvgIpc) is 2.79. The Hall–Kier alpha value is -2.12. The molecule has 3 N–H and O–H groups in total. The molecule has 11 nitrogen and oxygen atoms in total.